The van der Waals surface area contributed by atoms with Crippen LogP contribution in [0.15, 0.2) is 24.5 Å². The summed E-state index contributed by atoms with van der Waals surface area (Å²) >= 11 is 1.65. The molecular weight excluding hydrogens is 268 g/mol. The number of nitrogen functional groups attached to an aromatic ring is 1. The molecule has 4 nitrogen and oxygen atoms in total. The maximum Gasteiger partial charge on any atom is 0.144 e. The lowest BCUT2D eigenvalue weighted by Crippen LogP contribution is -2.03. The molecular formula is C15H18N4S. The zero-order valence-corrected chi connectivity index (χ0v) is 12.7. The largest absolute Gasteiger partial charge is 0.390 e. The minimum atomic E-state index is 0.321. The van der Waals surface area contributed by atoms with Crippen LogP contribution in [-0.4, -0.2) is 14.5 Å². The molecule has 3 aromatic rings. The van der Waals surface area contributed by atoms with Crippen molar-refractivity contribution in [2.75, 3.05) is 5.73 Å². The highest BCUT2D eigenvalue weighted by molar-refractivity contribution is 7.16. The molecule has 0 saturated heterocycles. The highest BCUT2D eigenvalue weighted by Crippen LogP contribution is 2.36. The average molecular weight is 286 g/mol. The number of anilines is 1. The summed E-state index contributed by atoms with van der Waals surface area (Å²) in [5.41, 5.74) is 9.25. The van der Waals surface area contributed by atoms with Gasteiger partial charge >= 0.3 is 0 Å². The number of thiophene rings is 1. The van der Waals surface area contributed by atoms with Crippen LogP contribution in [0.2, 0.25) is 0 Å². The predicted octanol–water partition coefficient (Wildman–Crippen LogP) is 3.89. The molecule has 0 aliphatic carbocycles. The van der Waals surface area contributed by atoms with Crippen LogP contribution in [0.1, 0.15) is 31.7 Å². The molecule has 0 radical (unpaired) electrons. The molecule has 0 aliphatic rings. The fourth-order valence-electron chi connectivity index (χ4n) is 2.47. The minimum absolute atomic E-state index is 0.321. The maximum atomic E-state index is 6.19. The number of nitrogens with two attached hydrogens (primary N) is 1. The number of hydrogen-bond acceptors (Lipinski definition) is 4. The summed E-state index contributed by atoms with van der Waals surface area (Å²) in [6.45, 7) is 6.47. The van der Waals surface area contributed by atoms with Crippen LogP contribution in [-0.2, 0) is 6.42 Å². The highest BCUT2D eigenvalue weighted by Gasteiger charge is 2.18. The number of nitrogens with zero attached hydrogens (tertiary/aromatic N) is 3. The molecule has 2 N–H and O–H groups in total. The summed E-state index contributed by atoms with van der Waals surface area (Å²) in [5, 5.41) is 0.840. The molecule has 0 atom stereocenters. The topological polar surface area (TPSA) is 56.7 Å². The zero-order chi connectivity index (χ0) is 14.3. The van der Waals surface area contributed by atoms with Crippen molar-refractivity contribution in [3.8, 4) is 11.4 Å². The molecule has 104 valence electrons. The molecule has 0 spiro atoms. The Balaban J connectivity index is 2.29. The number of rotatable bonds is 3. The van der Waals surface area contributed by atoms with Crippen molar-refractivity contribution in [1.29, 1.82) is 0 Å². The first-order valence-electron chi connectivity index (χ1n) is 6.82. The molecule has 5 heteroatoms. The molecule has 3 rings (SSSR count). The monoisotopic (exact) mass is 286 g/mol. The van der Waals surface area contributed by atoms with Crippen molar-refractivity contribution in [2.45, 2.75) is 33.2 Å². The summed E-state index contributed by atoms with van der Waals surface area (Å²) in [7, 11) is 0. The van der Waals surface area contributed by atoms with Crippen molar-refractivity contribution in [3.63, 3.8) is 0 Å². The van der Waals surface area contributed by atoms with Gasteiger partial charge in [0.1, 0.15) is 11.3 Å². The van der Waals surface area contributed by atoms with Crippen molar-refractivity contribution in [3.05, 3.63) is 29.4 Å². The quantitative estimate of drug-likeness (QED) is 0.794. The number of fused-ring (bicyclic) bond motifs is 1. The van der Waals surface area contributed by atoms with E-state index in [0.29, 0.717) is 6.04 Å². The Morgan fingerprint density at radius 3 is 2.85 bits per heavy atom. The maximum absolute atomic E-state index is 6.19. The summed E-state index contributed by atoms with van der Waals surface area (Å²) in [6.07, 6.45) is 4.61. The van der Waals surface area contributed by atoms with Gasteiger partial charge in [-0.2, -0.15) is 0 Å². The van der Waals surface area contributed by atoms with Crippen LogP contribution in [0.3, 0.4) is 0 Å². The average Bonchev–Trinajstić information content (AvgIpc) is 2.98. The standard InChI is InChI=1S/C15H18N4S/c1-4-10-7-11(14(16)20-10)15-18-12-8-17-6-5-13(12)19(15)9(2)3/h5-9H,4,16H2,1-3H3. The van der Waals surface area contributed by atoms with Gasteiger partial charge in [-0.25, -0.2) is 4.98 Å². The molecule has 0 aliphatic heterocycles. The molecule has 20 heavy (non-hydrogen) atoms. The van der Waals surface area contributed by atoms with Crippen molar-refractivity contribution in [1.82, 2.24) is 14.5 Å². The molecule has 0 fully saturated rings. The van der Waals surface area contributed by atoms with Crippen LogP contribution in [0.5, 0.6) is 0 Å². The first kappa shape index (κ1) is 13.1. The second kappa shape index (κ2) is 4.90. The SMILES string of the molecule is CCc1cc(-c2nc3cnccc3n2C(C)C)c(N)s1. The van der Waals surface area contributed by atoms with Crippen molar-refractivity contribution >= 4 is 27.4 Å². The van der Waals surface area contributed by atoms with Crippen LogP contribution < -0.4 is 5.73 Å². The van der Waals surface area contributed by atoms with E-state index < -0.39 is 0 Å². The summed E-state index contributed by atoms with van der Waals surface area (Å²) in [6, 6.07) is 4.49. The van der Waals surface area contributed by atoms with E-state index in [2.05, 4.69) is 36.4 Å². The number of pyridine rings is 1. The van der Waals surface area contributed by atoms with Gasteiger partial charge in [0.2, 0.25) is 0 Å². The van der Waals surface area contributed by atoms with Crippen molar-refractivity contribution < 1.29 is 0 Å². The lowest BCUT2D eigenvalue weighted by molar-refractivity contribution is 0.624. The molecule has 0 unspecified atom stereocenters. The van der Waals surface area contributed by atoms with Crippen molar-refractivity contribution in [2.24, 2.45) is 0 Å². The van der Waals surface area contributed by atoms with Gasteiger partial charge in [0.25, 0.3) is 0 Å². The lowest BCUT2D eigenvalue weighted by Gasteiger charge is -2.12. The molecule has 0 saturated carbocycles. The van der Waals surface area contributed by atoms with E-state index in [-0.39, 0.29) is 0 Å². The van der Waals surface area contributed by atoms with Gasteiger partial charge in [-0.1, -0.05) is 6.92 Å². The van der Waals surface area contributed by atoms with E-state index in [4.69, 9.17) is 10.7 Å². The van der Waals surface area contributed by atoms with Gasteiger partial charge in [-0.05, 0) is 32.4 Å². The Morgan fingerprint density at radius 2 is 2.20 bits per heavy atom. The smallest absolute Gasteiger partial charge is 0.144 e. The van der Waals surface area contributed by atoms with Gasteiger partial charge < -0.3 is 10.3 Å². The fourth-order valence-corrected chi connectivity index (χ4v) is 3.33. The zero-order valence-electron chi connectivity index (χ0n) is 11.9. The van der Waals surface area contributed by atoms with Gasteiger partial charge in [0, 0.05) is 17.1 Å². The predicted molar refractivity (Wildman–Crippen MR) is 85.0 cm³/mol. The number of aromatic nitrogens is 3. The van der Waals surface area contributed by atoms with E-state index in [1.54, 1.807) is 23.7 Å². The van der Waals surface area contributed by atoms with Gasteiger partial charge in [0.05, 0.1) is 22.3 Å². The molecule has 0 bridgehead atoms. The third kappa shape index (κ3) is 1.98. The first-order valence-corrected chi connectivity index (χ1v) is 7.64. The molecule has 3 heterocycles. The lowest BCUT2D eigenvalue weighted by atomic mass is 10.2. The Morgan fingerprint density at radius 1 is 1.40 bits per heavy atom. The first-order chi connectivity index (χ1) is 9.61. The molecule has 0 amide bonds. The summed E-state index contributed by atoms with van der Waals surface area (Å²) < 4.78 is 2.23. The van der Waals surface area contributed by atoms with Crippen LogP contribution >= 0.6 is 11.3 Å². The molecule has 0 aromatic carbocycles. The summed E-state index contributed by atoms with van der Waals surface area (Å²) in [5.74, 6) is 0.941. The fraction of sp³-hybridized carbons (Fsp3) is 0.333. The van der Waals surface area contributed by atoms with E-state index >= 15 is 0 Å². The Labute approximate surface area is 122 Å². The van der Waals surface area contributed by atoms with Crippen LogP contribution in [0, 0.1) is 0 Å². The van der Waals surface area contributed by atoms with Gasteiger partial charge in [-0.15, -0.1) is 11.3 Å². The van der Waals surface area contributed by atoms with E-state index in [0.717, 1.165) is 33.8 Å². The van der Waals surface area contributed by atoms with E-state index in [1.807, 2.05) is 6.07 Å². The normalized spacial score (nSPS) is 11.6. The summed E-state index contributed by atoms with van der Waals surface area (Å²) in [4.78, 5) is 10.2. The van der Waals surface area contributed by atoms with Crippen LogP contribution in [0.4, 0.5) is 5.00 Å². The Kier molecular flexibility index (Phi) is 3.22. The second-order valence-electron chi connectivity index (χ2n) is 5.11. The minimum Gasteiger partial charge on any atom is -0.390 e. The van der Waals surface area contributed by atoms with Gasteiger partial charge in [0.15, 0.2) is 0 Å². The van der Waals surface area contributed by atoms with E-state index in [9.17, 15) is 0 Å². The number of aryl methyl sites for hydroxylation is 1. The number of hydrogen-bond donors (Lipinski definition) is 1. The van der Waals surface area contributed by atoms with Gasteiger partial charge in [-0.3, -0.25) is 4.98 Å². The molecule has 3 aromatic heterocycles. The highest BCUT2D eigenvalue weighted by atomic mass is 32.1. The third-order valence-corrected chi connectivity index (χ3v) is 4.52. The Hall–Kier alpha value is -1.88. The second-order valence-corrected chi connectivity index (χ2v) is 6.28. The Bertz CT molecular complexity index is 754. The number of imidazole rings is 1. The van der Waals surface area contributed by atoms with E-state index in [1.165, 1.54) is 4.88 Å². The third-order valence-electron chi connectivity index (χ3n) is 3.41. The van der Waals surface area contributed by atoms with Crippen LogP contribution in [0.25, 0.3) is 22.4 Å².